The number of hydrogen-bond donors (Lipinski definition) is 0. The van der Waals surface area contributed by atoms with Crippen LogP contribution in [0.4, 0.5) is 0 Å². The Kier molecular flexibility index (Phi) is 7.66. The molecule has 1 aromatic rings. The number of carbonyl (C=O) groups excluding carboxylic acids is 2. The van der Waals surface area contributed by atoms with Crippen molar-refractivity contribution in [2.24, 2.45) is 0 Å². The van der Waals surface area contributed by atoms with Gasteiger partial charge in [0.15, 0.2) is 12.5 Å². The Labute approximate surface area is 166 Å². The van der Waals surface area contributed by atoms with Crippen LogP contribution in [0.15, 0.2) is 38.7 Å². The van der Waals surface area contributed by atoms with Crippen LogP contribution in [-0.4, -0.2) is 32.7 Å². The van der Waals surface area contributed by atoms with Crippen LogP contribution in [-0.2, 0) is 23.8 Å². The van der Waals surface area contributed by atoms with Crippen molar-refractivity contribution in [2.75, 3.05) is 7.11 Å². The van der Waals surface area contributed by atoms with Crippen LogP contribution in [0.5, 0.6) is 0 Å². The number of nitrogens with zero attached hydrogens (tertiary/aromatic N) is 3. The monoisotopic (exact) mass is 411 g/mol. The molecule has 0 radical (unpaired) electrons. The first-order valence-corrected chi connectivity index (χ1v) is 8.60. The number of methoxy groups -OCH3 is 1. The zero-order valence-corrected chi connectivity index (χ0v) is 17.3. The Morgan fingerprint density at radius 2 is 1.00 bits per heavy atom. The van der Waals surface area contributed by atoms with Gasteiger partial charge in [-0.05, 0) is 34.6 Å². The second-order valence-corrected chi connectivity index (χ2v) is 6.36. The maximum Gasteiger partial charge on any atom is 0.342 e. The van der Waals surface area contributed by atoms with E-state index in [9.17, 15) is 24.0 Å². The predicted molar refractivity (Wildman–Crippen MR) is 102 cm³/mol. The molecule has 1 heterocycles. The molecule has 0 aliphatic heterocycles. The van der Waals surface area contributed by atoms with E-state index in [0.717, 1.165) is 0 Å². The van der Waals surface area contributed by atoms with Gasteiger partial charge >= 0.3 is 29.0 Å². The minimum Gasteiger partial charge on any atom is -0.438 e. The van der Waals surface area contributed by atoms with E-state index in [1.54, 1.807) is 0 Å². The lowest BCUT2D eigenvalue weighted by molar-refractivity contribution is -0.149. The summed E-state index contributed by atoms with van der Waals surface area (Å²) in [6.45, 7) is 13.6. The summed E-state index contributed by atoms with van der Waals surface area (Å²) in [6.07, 6.45) is -3.84. The molecular formula is C18H25N3O8. The number of rotatable bonds is 8. The summed E-state index contributed by atoms with van der Waals surface area (Å²) in [5, 5.41) is 0. The minimum absolute atomic E-state index is 0.0487. The first kappa shape index (κ1) is 23.8. The minimum atomic E-state index is -1.38. The number of ether oxygens (including phenoxy) is 3. The first-order chi connectivity index (χ1) is 13.3. The fourth-order valence-electron chi connectivity index (χ4n) is 2.25. The van der Waals surface area contributed by atoms with Gasteiger partial charge in [0.2, 0.25) is 0 Å². The van der Waals surface area contributed by atoms with Gasteiger partial charge in [0.05, 0.1) is 0 Å². The topological polar surface area (TPSA) is 128 Å². The zero-order valence-electron chi connectivity index (χ0n) is 17.3. The fourth-order valence-corrected chi connectivity index (χ4v) is 2.25. The summed E-state index contributed by atoms with van der Waals surface area (Å²) in [4.78, 5) is 62.1. The summed E-state index contributed by atoms with van der Waals surface area (Å²) in [6, 6.07) is 0. The largest absolute Gasteiger partial charge is 0.438 e. The van der Waals surface area contributed by atoms with Crippen molar-refractivity contribution in [3.8, 4) is 0 Å². The van der Waals surface area contributed by atoms with Crippen molar-refractivity contribution in [1.82, 2.24) is 13.7 Å². The molecule has 0 aliphatic rings. The second kappa shape index (κ2) is 9.32. The molecule has 29 heavy (non-hydrogen) atoms. The van der Waals surface area contributed by atoms with E-state index in [1.165, 1.54) is 41.7 Å². The smallest absolute Gasteiger partial charge is 0.342 e. The van der Waals surface area contributed by atoms with Crippen LogP contribution in [0, 0.1) is 0 Å². The highest BCUT2D eigenvalue weighted by atomic mass is 16.6. The van der Waals surface area contributed by atoms with Crippen molar-refractivity contribution in [3.05, 3.63) is 55.8 Å². The van der Waals surface area contributed by atoms with Crippen LogP contribution in [0.1, 0.15) is 53.3 Å². The predicted octanol–water partition coefficient (Wildman–Crippen LogP) is 0.612. The van der Waals surface area contributed by atoms with Gasteiger partial charge < -0.3 is 14.2 Å². The SMILES string of the molecule is C=C(C)C(=O)OC(C)n1c(=O)n(C(C)OC)c(=O)n(C(C)OC(=O)C(=C)C)c1=O. The van der Waals surface area contributed by atoms with E-state index < -0.39 is 47.7 Å². The molecule has 0 spiro atoms. The van der Waals surface area contributed by atoms with Crippen LogP contribution in [0.2, 0.25) is 0 Å². The van der Waals surface area contributed by atoms with Gasteiger partial charge in [-0.2, -0.15) is 0 Å². The normalized spacial score (nSPS) is 13.9. The first-order valence-electron chi connectivity index (χ1n) is 8.60. The highest BCUT2D eigenvalue weighted by Gasteiger charge is 2.27. The summed E-state index contributed by atoms with van der Waals surface area (Å²) in [7, 11) is 1.26. The van der Waals surface area contributed by atoms with E-state index >= 15 is 0 Å². The van der Waals surface area contributed by atoms with E-state index in [0.29, 0.717) is 13.7 Å². The second-order valence-electron chi connectivity index (χ2n) is 6.36. The molecule has 3 atom stereocenters. The molecule has 0 aliphatic carbocycles. The number of esters is 2. The average molecular weight is 411 g/mol. The van der Waals surface area contributed by atoms with Crippen molar-refractivity contribution < 1.29 is 23.8 Å². The molecule has 160 valence electrons. The molecule has 3 unspecified atom stereocenters. The van der Waals surface area contributed by atoms with Gasteiger partial charge in [-0.15, -0.1) is 0 Å². The number of hydrogen-bond acceptors (Lipinski definition) is 8. The maximum atomic E-state index is 12.9. The molecule has 0 saturated heterocycles. The average Bonchev–Trinajstić information content (AvgIpc) is 2.60. The lowest BCUT2D eigenvalue weighted by Gasteiger charge is -2.23. The summed E-state index contributed by atoms with van der Waals surface area (Å²) >= 11 is 0. The number of carbonyl (C=O) groups is 2. The van der Waals surface area contributed by atoms with Gasteiger partial charge in [0, 0.05) is 18.3 Å². The van der Waals surface area contributed by atoms with Crippen LogP contribution in [0.3, 0.4) is 0 Å². The molecule has 0 N–H and O–H groups in total. The van der Waals surface area contributed by atoms with Crippen LogP contribution in [0.25, 0.3) is 0 Å². The third kappa shape index (κ3) is 4.99. The molecule has 11 nitrogen and oxygen atoms in total. The Bertz CT molecular complexity index is 941. The Hall–Kier alpha value is -3.21. The molecule has 1 rings (SSSR count). The quantitative estimate of drug-likeness (QED) is 0.450. The van der Waals surface area contributed by atoms with Gasteiger partial charge in [-0.3, -0.25) is 0 Å². The fraction of sp³-hybridized carbons (Fsp3) is 0.500. The summed E-state index contributed by atoms with van der Waals surface area (Å²) in [5.74, 6) is -1.68. The third-order valence-corrected chi connectivity index (χ3v) is 3.92. The molecule has 0 amide bonds. The van der Waals surface area contributed by atoms with Crippen molar-refractivity contribution in [1.29, 1.82) is 0 Å². The summed E-state index contributed by atoms with van der Waals surface area (Å²) in [5.41, 5.74) is -3.17. The lowest BCUT2D eigenvalue weighted by atomic mass is 10.4. The molecule has 0 bridgehead atoms. The zero-order chi connectivity index (χ0) is 22.6. The standard InChI is InChI=1S/C18H25N3O8/c1-9(2)14(22)28-12(6)20-16(24)19(11(5)27-8)17(25)21(18(20)26)13(7)29-15(23)10(3)4/h11-13H,1,3H2,2,4-8H3. The molecule has 0 saturated carbocycles. The highest BCUT2D eigenvalue weighted by molar-refractivity contribution is 5.87. The Morgan fingerprint density at radius 1 is 0.724 bits per heavy atom. The van der Waals surface area contributed by atoms with Gasteiger partial charge in [0.1, 0.15) is 6.23 Å². The van der Waals surface area contributed by atoms with Gasteiger partial charge in [-0.25, -0.2) is 37.7 Å². The van der Waals surface area contributed by atoms with Gasteiger partial charge in [-0.1, -0.05) is 13.2 Å². The molecular weight excluding hydrogens is 386 g/mol. The third-order valence-electron chi connectivity index (χ3n) is 3.92. The van der Waals surface area contributed by atoms with E-state index in [4.69, 9.17) is 14.2 Å². The molecule has 11 heteroatoms. The molecule has 1 aromatic heterocycles. The van der Waals surface area contributed by atoms with Crippen molar-refractivity contribution >= 4 is 11.9 Å². The van der Waals surface area contributed by atoms with E-state index in [-0.39, 0.29) is 11.1 Å². The molecule has 0 aromatic carbocycles. The summed E-state index contributed by atoms with van der Waals surface area (Å²) < 4.78 is 16.9. The number of aromatic nitrogens is 3. The van der Waals surface area contributed by atoms with Gasteiger partial charge in [0.25, 0.3) is 0 Å². The van der Waals surface area contributed by atoms with E-state index in [2.05, 4.69) is 13.2 Å². The van der Waals surface area contributed by atoms with Crippen molar-refractivity contribution in [2.45, 2.75) is 53.3 Å². The van der Waals surface area contributed by atoms with Crippen LogP contribution >= 0.6 is 0 Å². The Balaban J connectivity index is 3.75. The lowest BCUT2D eigenvalue weighted by Crippen LogP contribution is -2.57. The van der Waals surface area contributed by atoms with E-state index in [1.807, 2.05) is 0 Å². The highest BCUT2D eigenvalue weighted by Crippen LogP contribution is 2.09. The Morgan fingerprint density at radius 3 is 1.24 bits per heavy atom. The molecule has 0 fully saturated rings. The van der Waals surface area contributed by atoms with Crippen LogP contribution < -0.4 is 17.1 Å². The van der Waals surface area contributed by atoms with Crippen molar-refractivity contribution in [3.63, 3.8) is 0 Å². The maximum absolute atomic E-state index is 12.9.